The van der Waals surface area contributed by atoms with E-state index in [9.17, 15) is 0 Å². The molecule has 0 spiro atoms. The van der Waals surface area contributed by atoms with Crippen LogP contribution in [-0.2, 0) is 0 Å². The van der Waals surface area contributed by atoms with Crippen molar-refractivity contribution in [2.75, 3.05) is 0 Å². The molecule has 0 saturated heterocycles. The Labute approximate surface area is 106 Å². The van der Waals surface area contributed by atoms with Crippen LogP contribution in [0.2, 0.25) is 0 Å². The van der Waals surface area contributed by atoms with Gasteiger partial charge in [0.25, 0.3) is 0 Å². The highest BCUT2D eigenvalue weighted by Gasteiger charge is 2.10. The third kappa shape index (κ3) is 2.79. The van der Waals surface area contributed by atoms with Gasteiger partial charge in [-0.05, 0) is 18.2 Å². The molecule has 1 aromatic heterocycles. The van der Waals surface area contributed by atoms with Crippen LogP contribution < -0.4 is 10.5 Å². The average Bonchev–Trinajstić information content (AvgIpc) is 2.29. The molecule has 3 N–H and O–H groups in total. The Morgan fingerprint density at radius 3 is 2.76 bits per heavy atom. The molecular weight excluding hydrogens is 284 g/mol. The van der Waals surface area contributed by atoms with Crippen LogP contribution in [0.15, 0.2) is 41.1 Å². The van der Waals surface area contributed by atoms with Crippen molar-refractivity contribution >= 4 is 21.8 Å². The van der Waals surface area contributed by atoms with Gasteiger partial charge in [-0.1, -0.05) is 22.0 Å². The fourth-order valence-electron chi connectivity index (χ4n) is 1.23. The Morgan fingerprint density at radius 2 is 2.06 bits per heavy atom. The smallest absolute Gasteiger partial charge is 0.249 e. The number of nitrogen functional groups attached to an aromatic ring is 1. The molecule has 0 atom stereocenters. The maximum Gasteiger partial charge on any atom is 0.249 e. The monoisotopic (exact) mass is 292 g/mol. The summed E-state index contributed by atoms with van der Waals surface area (Å²) in [6.07, 6.45) is 2.95. The molecule has 86 valence electrons. The van der Waals surface area contributed by atoms with Crippen molar-refractivity contribution in [3.05, 3.63) is 46.8 Å². The SMILES string of the molecule is N=C(N)c1nccnc1Oc1cccc(Br)c1. The quantitative estimate of drug-likeness (QED) is 0.671. The number of nitrogens with two attached hydrogens (primary N) is 1. The Kier molecular flexibility index (Phi) is 3.34. The van der Waals surface area contributed by atoms with Crippen molar-refractivity contribution in [3.63, 3.8) is 0 Å². The molecule has 6 heteroatoms. The van der Waals surface area contributed by atoms with Crippen molar-refractivity contribution in [3.8, 4) is 11.6 Å². The number of hydrogen-bond acceptors (Lipinski definition) is 4. The summed E-state index contributed by atoms with van der Waals surface area (Å²) >= 11 is 3.34. The van der Waals surface area contributed by atoms with E-state index in [4.69, 9.17) is 15.9 Å². The number of rotatable bonds is 3. The minimum Gasteiger partial charge on any atom is -0.437 e. The van der Waals surface area contributed by atoms with E-state index in [1.165, 1.54) is 12.4 Å². The Balaban J connectivity index is 2.33. The molecule has 0 fully saturated rings. The molecule has 0 radical (unpaired) electrons. The second kappa shape index (κ2) is 4.92. The normalized spacial score (nSPS) is 9.94. The molecule has 0 bridgehead atoms. The van der Waals surface area contributed by atoms with Crippen LogP contribution in [0, 0.1) is 5.41 Å². The van der Waals surface area contributed by atoms with Gasteiger partial charge in [0.15, 0.2) is 5.69 Å². The van der Waals surface area contributed by atoms with Crippen molar-refractivity contribution in [2.24, 2.45) is 5.73 Å². The van der Waals surface area contributed by atoms with E-state index in [-0.39, 0.29) is 17.4 Å². The lowest BCUT2D eigenvalue weighted by molar-refractivity contribution is 0.458. The third-order valence-corrected chi connectivity index (χ3v) is 2.42. The first-order valence-electron chi connectivity index (χ1n) is 4.75. The number of nitrogens with one attached hydrogen (secondary N) is 1. The van der Waals surface area contributed by atoms with Gasteiger partial charge in [-0.3, -0.25) is 5.41 Å². The number of ether oxygens (including phenoxy) is 1. The molecule has 0 aliphatic heterocycles. The van der Waals surface area contributed by atoms with Crippen LogP contribution in [0.3, 0.4) is 0 Å². The van der Waals surface area contributed by atoms with Crippen LogP contribution in [0.5, 0.6) is 11.6 Å². The third-order valence-electron chi connectivity index (χ3n) is 1.93. The first-order chi connectivity index (χ1) is 8.16. The van der Waals surface area contributed by atoms with Gasteiger partial charge >= 0.3 is 0 Å². The van der Waals surface area contributed by atoms with E-state index in [2.05, 4.69) is 25.9 Å². The molecule has 0 aliphatic rings. The molecule has 2 rings (SSSR count). The van der Waals surface area contributed by atoms with Gasteiger partial charge in [-0.25, -0.2) is 9.97 Å². The number of aromatic nitrogens is 2. The van der Waals surface area contributed by atoms with Gasteiger partial charge in [-0.15, -0.1) is 0 Å². The van der Waals surface area contributed by atoms with E-state index in [1.54, 1.807) is 12.1 Å². The van der Waals surface area contributed by atoms with Crippen molar-refractivity contribution in [1.29, 1.82) is 5.41 Å². The standard InChI is InChI=1S/C11H9BrN4O/c12-7-2-1-3-8(6-7)17-11-9(10(13)14)15-4-5-16-11/h1-6H,(H3,13,14). The predicted molar refractivity (Wildman–Crippen MR) is 67.3 cm³/mol. The van der Waals surface area contributed by atoms with Gasteiger partial charge in [0, 0.05) is 16.9 Å². The van der Waals surface area contributed by atoms with E-state index in [0.29, 0.717) is 5.75 Å². The summed E-state index contributed by atoms with van der Waals surface area (Å²) in [6, 6.07) is 7.29. The zero-order valence-corrected chi connectivity index (χ0v) is 10.3. The molecule has 0 unspecified atom stereocenters. The van der Waals surface area contributed by atoms with E-state index >= 15 is 0 Å². The van der Waals surface area contributed by atoms with Gasteiger partial charge in [0.1, 0.15) is 11.6 Å². The molecule has 5 nitrogen and oxygen atoms in total. The summed E-state index contributed by atoms with van der Waals surface area (Å²) in [5.74, 6) is 0.642. The number of benzene rings is 1. The molecular formula is C11H9BrN4O. The molecule has 0 saturated carbocycles. The van der Waals surface area contributed by atoms with E-state index in [1.807, 2.05) is 12.1 Å². The first kappa shape index (κ1) is 11.5. The summed E-state index contributed by atoms with van der Waals surface area (Å²) in [5, 5.41) is 7.37. The minimum atomic E-state index is -0.178. The summed E-state index contributed by atoms with van der Waals surface area (Å²) in [4.78, 5) is 7.95. The van der Waals surface area contributed by atoms with Crippen molar-refractivity contribution in [1.82, 2.24) is 9.97 Å². The number of nitrogens with zero attached hydrogens (tertiary/aromatic N) is 2. The lowest BCUT2D eigenvalue weighted by Crippen LogP contribution is -2.15. The lowest BCUT2D eigenvalue weighted by atomic mass is 10.3. The molecule has 1 heterocycles. The summed E-state index contributed by atoms with van der Waals surface area (Å²) in [5.41, 5.74) is 5.62. The Morgan fingerprint density at radius 1 is 1.29 bits per heavy atom. The van der Waals surface area contributed by atoms with Crippen molar-refractivity contribution < 1.29 is 4.74 Å². The fourth-order valence-corrected chi connectivity index (χ4v) is 1.61. The van der Waals surface area contributed by atoms with Crippen LogP contribution in [0.4, 0.5) is 0 Å². The summed E-state index contributed by atoms with van der Waals surface area (Å²) in [7, 11) is 0. The minimum absolute atomic E-state index is 0.178. The first-order valence-corrected chi connectivity index (χ1v) is 5.55. The largest absolute Gasteiger partial charge is 0.437 e. The molecule has 2 aromatic rings. The molecule has 0 aliphatic carbocycles. The van der Waals surface area contributed by atoms with Crippen LogP contribution in [0.1, 0.15) is 5.69 Å². The average molecular weight is 293 g/mol. The number of halogens is 1. The fraction of sp³-hybridized carbons (Fsp3) is 0. The Hall–Kier alpha value is -1.95. The van der Waals surface area contributed by atoms with Crippen LogP contribution in [0.25, 0.3) is 0 Å². The summed E-state index contributed by atoms with van der Waals surface area (Å²) in [6.45, 7) is 0. The number of hydrogen-bond donors (Lipinski definition) is 2. The molecule has 1 aromatic carbocycles. The summed E-state index contributed by atoms with van der Waals surface area (Å²) < 4.78 is 6.42. The van der Waals surface area contributed by atoms with Gasteiger partial charge in [0.2, 0.25) is 5.88 Å². The maximum absolute atomic E-state index is 7.37. The highest BCUT2D eigenvalue weighted by atomic mass is 79.9. The maximum atomic E-state index is 7.37. The van der Waals surface area contributed by atoms with Gasteiger partial charge in [0.05, 0.1) is 0 Å². The van der Waals surface area contributed by atoms with Gasteiger partial charge < -0.3 is 10.5 Å². The zero-order chi connectivity index (χ0) is 12.3. The van der Waals surface area contributed by atoms with Crippen molar-refractivity contribution in [2.45, 2.75) is 0 Å². The molecule has 17 heavy (non-hydrogen) atoms. The van der Waals surface area contributed by atoms with E-state index in [0.717, 1.165) is 4.47 Å². The zero-order valence-electron chi connectivity index (χ0n) is 8.72. The van der Waals surface area contributed by atoms with Gasteiger partial charge in [-0.2, -0.15) is 0 Å². The highest BCUT2D eigenvalue weighted by molar-refractivity contribution is 9.10. The second-order valence-electron chi connectivity index (χ2n) is 3.18. The number of amidine groups is 1. The second-order valence-corrected chi connectivity index (χ2v) is 4.10. The highest BCUT2D eigenvalue weighted by Crippen LogP contribution is 2.24. The lowest BCUT2D eigenvalue weighted by Gasteiger charge is -2.07. The van der Waals surface area contributed by atoms with E-state index < -0.39 is 0 Å². The Bertz CT molecular complexity index is 559. The van der Waals surface area contributed by atoms with Crippen LogP contribution in [-0.4, -0.2) is 15.8 Å². The van der Waals surface area contributed by atoms with Crippen LogP contribution >= 0.6 is 15.9 Å². The molecule has 0 amide bonds. The topological polar surface area (TPSA) is 84.9 Å². The predicted octanol–water partition coefficient (Wildman–Crippen LogP) is 2.32.